The molecule has 1 atom stereocenters. The molecule has 108 valence electrons. The summed E-state index contributed by atoms with van der Waals surface area (Å²) in [5.74, 6) is -0.469. The number of benzene rings is 1. The first kappa shape index (κ1) is 15.1. The summed E-state index contributed by atoms with van der Waals surface area (Å²) >= 11 is 2.85. The summed E-state index contributed by atoms with van der Waals surface area (Å²) in [5.41, 5.74) is -0.816. The van der Waals surface area contributed by atoms with Crippen LogP contribution in [-0.2, 0) is 6.18 Å². The lowest BCUT2D eigenvalue weighted by Gasteiger charge is -2.19. The Kier molecular flexibility index (Phi) is 4.52. The van der Waals surface area contributed by atoms with E-state index in [1.54, 1.807) is 0 Å². The van der Waals surface area contributed by atoms with Crippen molar-refractivity contribution in [3.8, 4) is 0 Å². The molecule has 0 fully saturated rings. The zero-order valence-corrected chi connectivity index (χ0v) is 12.1. The number of alkyl halides is 3. The zero-order chi connectivity index (χ0) is 14.8. The van der Waals surface area contributed by atoms with Gasteiger partial charge in [-0.1, -0.05) is 28.1 Å². The number of carbonyl (C=O) groups excluding carboxylic acids is 1. The quantitative estimate of drug-likeness (QED) is 0.793. The van der Waals surface area contributed by atoms with E-state index in [1.165, 1.54) is 12.1 Å². The van der Waals surface area contributed by atoms with Gasteiger partial charge in [0.1, 0.15) is 0 Å². The van der Waals surface area contributed by atoms with Crippen LogP contribution < -0.4 is 5.32 Å². The molecule has 0 heterocycles. The summed E-state index contributed by atoms with van der Waals surface area (Å²) in [6, 6.07) is 3.50. The van der Waals surface area contributed by atoms with E-state index >= 15 is 0 Å². The first-order valence-electron chi connectivity index (χ1n) is 6.20. The number of rotatable bonds is 2. The summed E-state index contributed by atoms with van der Waals surface area (Å²) in [6.07, 6.45) is 1.92. The number of amides is 1. The van der Waals surface area contributed by atoms with Gasteiger partial charge in [-0.05, 0) is 37.5 Å². The molecule has 6 heteroatoms. The van der Waals surface area contributed by atoms with Crippen molar-refractivity contribution < 1.29 is 18.0 Å². The molecule has 1 aliphatic rings. The molecule has 1 aliphatic carbocycles. The van der Waals surface area contributed by atoms with Crippen molar-refractivity contribution in [2.24, 2.45) is 0 Å². The summed E-state index contributed by atoms with van der Waals surface area (Å²) < 4.78 is 38.3. The molecule has 20 heavy (non-hydrogen) atoms. The number of hydrogen-bond acceptors (Lipinski definition) is 1. The standard InChI is InChI=1S/C14H13BrF3NO/c15-12-7-6-9(8-11(12)14(16,17)18)13(20)19-10-4-2-1-3-5-10/h1-2,6-8,10H,3-5H2,(H,19,20). The van der Waals surface area contributed by atoms with Crippen molar-refractivity contribution in [2.45, 2.75) is 31.5 Å². The monoisotopic (exact) mass is 347 g/mol. The molecule has 0 saturated carbocycles. The minimum absolute atomic E-state index is 0.00881. The number of nitrogens with one attached hydrogen (secondary N) is 1. The Morgan fingerprint density at radius 2 is 2.05 bits per heavy atom. The Labute approximate surface area is 123 Å². The molecule has 1 amide bonds. The summed E-state index contributed by atoms with van der Waals surface area (Å²) in [6.45, 7) is 0. The van der Waals surface area contributed by atoms with Crippen LogP contribution in [0, 0.1) is 0 Å². The second-order valence-electron chi connectivity index (χ2n) is 4.65. The van der Waals surface area contributed by atoms with Gasteiger partial charge in [0.2, 0.25) is 0 Å². The molecule has 0 aromatic heterocycles. The van der Waals surface area contributed by atoms with Crippen LogP contribution in [-0.4, -0.2) is 11.9 Å². The van der Waals surface area contributed by atoms with E-state index in [2.05, 4.69) is 21.2 Å². The van der Waals surface area contributed by atoms with Crippen molar-refractivity contribution in [2.75, 3.05) is 0 Å². The molecule has 2 rings (SSSR count). The lowest BCUT2D eigenvalue weighted by Crippen LogP contribution is -2.35. The van der Waals surface area contributed by atoms with Crippen molar-refractivity contribution >= 4 is 21.8 Å². The van der Waals surface area contributed by atoms with E-state index < -0.39 is 17.6 Å². The Hall–Kier alpha value is -1.30. The van der Waals surface area contributed by atoms with Gasteiger partial charge in [-0.2, -0.15) is 13.2 Å². The molecule has 2 nitrogen and oxygen atoms in total. The van der Waals surface area contributed by atoms with E-state index in [0.29, 0.717) is 6.42 Å². The third kappa shape index (κ3) is 3.62. The van der Waals surface area contributed by atoms with Gasteiger partial charge in [0.15, 0.2) is 0 Å². The largest absolute Gasteiger partial charge is 0.417 e. The second-order valence-corrected chi connectivity index (χ2v) is 5.50. The van der Waals surface area contributed by atoms with Gasteiger partial charge in [-0.3, -0.25) is 4.79 Å². The topological polar surface area (TPSA) is 29.1 Å². The molecule has 1 N–H and O–H groups in total. The Morgan fingerprint density at radius 3 is 2.65 bits per heavy atom. The third-order valence-electron chi connectivity index (χ3n) is 3.14. The summed E-state index contributed by atoms with van der Waals surface area (Å²) in [4.78, 5) is 12.0. The van der Waals surface area contributed by atoms with E-state index in [0.717, 1.165) is 18.9 Å². The SMILES string of the molecule is O=C(NC1CC=CCC1)c1ccc(Br)c(C(F)(F)F)c1. The Bertz CT molecular complexity index is 540. The van der Waals surface area contributed by atoms with Crippen LogP contribution in [0.25, 0.3) is 0 Å². The lowest BCUT2D eigenvalue weighted by molar-refractivity contribution is -0.138. The maximum Gasteiger partial charge on any atom is 0.417 e. The zero-order valence-electron chi connectivity index (χ0n) is 10.5. The molecule has 0 bridgehead atoms. The maximum atomic E-state index is 12.8. The number of allylic oxidation sites excluding steroid dienone is 1. The Morgan fingerprint density at radius 1 is 1.30 bits per heavy atom. The predicted octanol–water partition coefficient (Wildman–Crippen LogP) is 4.31. The van der Waals surface area contributed by atoms with Gasteiger partial charge < -0.3 is 5.32 Å². The van der Waals surface area contributed by atoms with Gasteiger partial charge in [-0.15, -0.1) is 0 Å². The molecule has 0 saturated heterocycles. The van der Waals surface area contributed by atoms with Crippen LogP contribution in [0.5, 0.6) is 0 Å². The van der Waals surface area contributed by atoms with Gasteiger partial charge in [-0.25, -0.2) is 0 Å². The van der Waals surface area contributed by atoms with Crippen LogP contribution in [0.2, 0.25) is 0 Å². The third-order valence-corrected chi connectivity index (χ3v) is 3.83. The molecular weight excluding hydrogens is 335 g/mol. The average molecular weight is 348 g/mol. The minimum atomic E-state index is -4.48. The van der Waals surface area contributed by atoms with Gasteiger partial charge in [0.25, 0.3) is 5.91 Å². The molecule has 1 unspecified atom stereocenters. The summed E-state index contributed by atoms with van der Waals surface area (Å²) in [5, 5.41) is 2.76. The first-order valence-corrected chi connectivity index (χ1v) is 7.00. The van der Waals surface area contributed by atoms with Crippen molar-refractivity contribution in [1.82, 2.24) is 5.32 Å². The highest BCUT2D eigenvalue weighted by atomic mass is 79.9. The second kappa shape index (κ2) is 5.99. The normalized spacial score (nSPS) is 18.9. The van der Waals surface area contributed by atoms with Gasteiger partial charge in [0, 0.05) is 16.1 Å². The highest BCUT2D eigenvalue weighted by Gasteiger charge is 2.33. The first-order chi connectivity index (χ1) is 9.38. The van der Waals surface area contributed by atoms with Crippen molar-refractivity contribution in [3.63, 3.8) is 0 Å². The number of carbonyl (C=O) groups is 1. The fourth-order valence-electron chi connectivity index (χ4n) is 2.08. The van der Waals surface area contributed by atoms with E-state index in [-0.39, 0.29) is 16.1 Å². The number of halogens is 4. The van der Waals surface area contributed by atoms with Crippen LogP contribution in [0.4, 0.5) is 13.2 Å². The molecule has 0 spiro atoms. The highest BCUT2D eigenvalue weighted by molar-refractivity contribution is 9.10. The van der Waals surface area contributed by atoms with Crippen LogP contribution in [0.3, 0.4) is 0 Å². The maximum absolute atomic E-state index is 12.8. The fraction of sp³-hybridized carbons (Fsp3) is 0.357. The Balaban J connectivity index is 2.16. The van der Waals surface area contributed by atoms with E-state index in [1.807, 2.05) is 12.2 Å². The lowest BCUT2D eigenvalue weighted by atomic mass is 10.0. The van der Waals surface area contributed by atoms with E-state index in [9.17, 15) is 18.0 Å². The fourth-order valence-corrected chi connectivity index (χ4v) is 2.55. The van der Waals surface area contributed by atoms with Crippen LogP contribution in [0.15, 0.2) is 34.8 Å². The van der Waals surface area contributed by atoms with Crippen molar-refractivity contribution in [1.29, 1.82) is 0 Å². The van der Waals surface area contributed by atoms with Gasteiger partial charge >= 0.3 is 6.18 Å². The van der Waals surface area contributed by atoms with E-state index in [4.69, 9.17) is 0 Å². The van der Waals surface area contributed by atoms with Crippen molar-refractivity contribution in [3.05, 3.63) is 46.0 Å². The summed E-state index contributed by atoms with van der Waals surface area (Å²) in [7, 11) is 0. The molecule has 1 aromatic rings. The molecular formula is C14H13BrF3NO. The molecule has 1 aromatic carbocycles. The predicted molar refractivity (Wildman–Crippen MR) is 73.4 cm³/mol. The minimum Gasteiger partial charge on any atom is -0.349 e. The van der Waals surface area contributed by atoms with Crippen LogP contribution in [0.1, 0.15) is 35.2 Å². The smallest absolute Gasteiger partial charge is 0.349 e. The highest BCUT2D eigenvalue weighted by Crippen LogP contribution is 2.35. The van der Waals surface area contributed by atoms with Gasteiger partial charge in [0.05, 0.1) is 5.56 Å². The molecule has 0 radical (unpaired) electrons. The van der Waals surface area contributed by atoms with Crippen LogP contribution >= 0.6 is 15.9 Å². The number of hydrogen-bond donors (Lipinski definition) is 1. The molecule has 0 aliphatic heterocycles. The average Bonchev–Trinajstić information content (AvgIpc) is 2.39.